The minimum Gasteiger partial charge on any atom is -0.298 e. The predicted octanol–water partition coefficient (Wildman–Crippen LogP) is 3.24. The predicted molar refractivity (Wildman–Crippen MR) is 46.5 cm³/mol. The molecule has 16 heavy (non-hydrogen) atoms. The van der Waals surface area contributed by atoms with Crippen molar-refractivity contribution in [2.24, 2.45) is 0 Å². The average molecular weight is 238 g/mol. The van der Waals surface area contributed by atoms with Crippen LogP contribution in [-0.4, -0.2) is 18.4 Å². The maximum absolute atomic E-state index is 12.6. The maximum atomic E-state index is 12.6. The topological polar surface area (TPSA) is 17.1 Å². The van der Waals surface area contributed by atoms with Crippen LogP contribution in [0.3, 0.4) is 0 Å². The van der Waals surface area contributed by atoms with Gasteiger partial charge in [-0.15, -0.1) is 0 Å². The van der Waals surface area contributed by atoms with Gasteiger partial charge in [0.25, 0.3) is 0 Å². The first-order valence-corrected chi connectivity index (χ1v) is 4.25. The summed E-state index contributed by atoms with van der Waals surface area (Å²) in [5.74, 6) is -4.75. The van der Waals surface area contributed by atoms with Crippen LogP contribution in [0.4, 0.5) is 22.0 Å². The molecule has 1 rings (SSSR count). The van der Waals surface area contributed by atoms with Gasteiger partial charge in [-0.1, -0.05) is 24.3 Å². The Morgan fingerprint density at radius 3 is 1.88 bits per heavy atom. The number of aldehydes is 1. The van der Waals surface area contributed by atoms with E-state index in [-0.39, 0.29) is 11.1 Å². The number of carbonyl (C=O) groups excluding carboxylic acids is 1. The molecule has 0 amide bonds. The van der Waals surface area contributed by atoms with Crippen molar-refractivity contribution in [3.8, 4) is 0 Å². The summed E-state index contributed by atoms with van der Waals surface area (Å²) in [5, 5.41) is 0. The molecule has 1 nitrogen and oxygen atoms in total. The molecule has 1 aromatic carbocycles. The Hall–Kier alpha value is -1.46. The highest BCUT2D eigenvalue weighted by Crippen LogP contribution is 2.37. The molecule has 0 radical (unpaired) electrons. The minimum absolute atomic E-state index is 0.173. The van der Waals surface area contributed by atoms with Crippen molar-refractivity contribution in [1.29, 1.82) is 0 Å². The molecule has 0 fully saturated rings. The van der Waals surface area contributed by atoms with Crippen LogP contribution in [-0.2, 0) is 6.42 Å². The van der Waals surface area contributed by atoms with E-state index >= 15 is 0 Å². The SMILES string of the molecule is O=Cc1ccc(CC(F)(F)C(F)(F)F)cc1. The quantitative estimate of drug-likeness (QED) is 0.583. The zero-order valence-corrected chi connectivity index (χ0v) is 7.89. The summed E-state index contributed by atoms with van der Waals surface area (Å²) in [5.41, 5.74) is 0.0481. The van der Waals surface area contributed by atoms with Crippen molar-refractivity contribution >= 4 is 6.29 Å². The van der Waals surface area contributed by atoms with Gasteiger partial charge in [0.1, 0.15) is 6.29 Å². The number of alkyl halides is 5. The van der Waals surface area contributed by atoms with Gasteiger partial charge in [0.15, 0.2) is 0 Å². The fourth-order valence-electron chi connectivity index (χ4n) is 1.07. The summed E-state index contributed by atoms with van der Waals surface area (Å²) in [6.45, 7) is 0. The van der Waals surface area contributed by atoms with Crippen molar-refractivity contribution in [3.05, 3.63) is 35.4 Å². The third-order valence-electron chi connectivity index (χ3n) is 1.96. The van der Waals surface area contributed by atoms with Crippen molar-refractivity contribution in [1.82, 2.24) is 0 Å². The third kappa shape index (κ3) is 2.77. The van der Waals surface area contributed by atoms with E-state index in [0.29, 0.717) is 6.29 Å². The lowest BCUT2D eigenvalue weighted by Gasteiger charge is -2.19. The summed E-state index contributed by atoms with van der Waals surface area (Å²) < 4.78 is 60.8. The Kier molecular flexibility index (Phi) is 3.30. The molecule has 6 heteroatoms. The molecule has 0 aliphatic heterocycles. The molecular weight excluding hydrogens is 231 g/mol. The second kappa shape index (κ2) is 4.19. The fourth-order valence-corrected chi connectivity index (χ4v) is 1.07. The van der Waals surface area contributed by atoms with Crippen LogP contribution in [0.2, 0.25) is 0 Å². The van der Waals surface area contributed by atoms with Crippen molar-refractivity contribution in [3.63, 3.8) is 0 Å². The van der Waals surface area contributed by atoms with Crippen LogP contribution in [0.25, 0.3) is 0 Å². The summed E-state index contributed by atoms with van der Waals surface area (Å²) in [6, 6.07) is 4.52. The maximum Gasteiger partial charge on any atom is 0.453 e. The van der Waals surface area contributed by atoms with Crippen LogP contribution in [0.15, 0.2) is 24.3 Å². The first-order chi connectivity index (χ1) is 7.26. The van der Waals surface area contributed by atoms with Gasteiger partial charge < -0.3 is 0 Å². The van der Waals surface area contributed by atoms with E-state index in [1.807, 2.05) is 0 Å². The van der Waals surface area contributed by atoms with Gasteiger partial charge in [-0.25, -0.2) is 0 Å². The Morgan fingerprint density at radius 1 is 1.00 bits per heavy atom. The van der Waals surface area contributed by atoms with Crippen LogP contribution < -0.4 is 0 Å². The van der Waals surface area contributed by atoms with Gasteiger partial charge in [-0.3, -0.25) is 4.79 Å². The minimum atomic E-state index is -5.56. The van der Waals surface area contributed by atoms with Crippen LogP contribution in [0.1, 0.15) is 15.9 Å². The standard InChI is InChI=1S/C10H7F5O/c11-9(12,10(13,14)15)5-7-1-3-8(6-16)4-2-7/h1-4,6H,5H2. The highest BCUT2D eigenvalue weighted by atomic mass is 19.4. The lowest BCUT2D eigenvalue weighted by Crippen LogP contribution is -2.38. The van der Waals surface area contributed by atoms with E-state index in [9.17, 15) is 26.7 Å². The molecular formula is C10H7F5O. The number of benzene rings is 1. The molecule has 0 bridgehead atoms. The highest BCUT2D eigenvalue weighted by molar-refractivity contribution is 5.74. The van der Waals surface area contributed by atoms with E-state index in [1.165, 1.54) is 12.1 Å². The molecule has 0 unspecified atom stereocenters. The lowest BCUT2D eigenvalue weighted by molar-refractivity contribution is -0.281. The number of hydrogen-bond acceptors (Lipinski definition) is 1. The van der Waals surface area contributed by atoms with Gasteiger partial charge in [0.05, 0.1) is 0 Å². The van der Waals surface area contributed by atoms with Gasteiger partial charge in [-0.05, 0) is 5.56 Å². The summed E-state index contributed by atoms with van der Waals surface area (Å²) in [6.07, 6.45) is -6.50. The number of carbonyl (C=O) groups is 1. The monoisotopic (exact) mass is 238 g/mol. The average Bonchev–Trinajstić information content (AvgIpc) is 2.16. The summed E-state index contributed by atoms with van der Waals surface area (Å²) >= 11 is 0. The lowest BCUT2D eigenvalue weighted by atomic mass is 10.1. The zero-order chi connectivity index (χ0) is 12.4. The zero-order valence-electron chi connectivity index (χ0n) is 7.89. The molecule has 0 aliphatic rings. The molecule has 0 N–H and O–H groups in total. The van der Waals surface area contributed by atoms with E-state index in [0.717, 1.165) is 12.1 Å². The summed E-state index contributed by atoms with van der Waals surface area (Å²) in [4.78, 5) is 10.2. The molecule has 0 aliphatic carbocycles. The smallest absolute Gasteiger partial charge is 0.298 e. The molecule has 0 heterocycles. The number of halogens is 5. The largest absolute Gasteiger partial charge is 0.453 e. The van der Waals surface area contributed by atoms with E-state index < -0.39 is 18.5 Å². The van der Waals surface area contributed by atoms with Crippen LogP contribution in [0, 0.1) is 0 Å². The van der Waals surface area contributed by atoms with Crippen molar-refractivity contribution in [2.45, 2.75) is 18.5 Å². The van der Waals surface area contributed by atoms with Gasteiger partial charge in [0, 0.05) is 12.0 Å². The Morgan fingerprint density at radius 2 is 1.50 bits per heavy atom. The molecule has 0 saturated heterocycles. The first-order valence-electron chi connectivity index (χ1n) is 4.25. The Balaban J connectivity index is 2.84. The van der Waals surface area contributed by atoms with E-state index in [1.54, 1.807) is 0 Å². The summed E-state index contributed by atoms with van der Waals surface area (Å²) in [7, 11) is 0. The van der Waals surface area contributed by atoms with Crippen LogP contribution >= 0.6 is 0 Å². The molecule has 0 saturated carbocycles. The molecule has 88 valence electrons. The Labute approximate surface area is 87.9 Å². The van der Waals surface area contributed by atoms with Gasteiger partial charge in [-0.2, -0.15) is 22.0 Å². The van der Waals surface area contributed by atoms with Gasteiger partial charge in [0.2, 0.25) is 0 Å². The van der Waals surface area contributed by atoms with Gasteiger partial charge >= 0.3 is 12.1 Å². The highest BCUT2D eigenvalue weighted by Gasteiger charge is 2.56. The second-order valence-corrected chi connectivity index (χ2v) is 3.24. The molecule has 0 atom stereocenters. The number of hydrogen-bond donors (Lipinski definition) is 0. The van der Waals surface area contributed by atoms with Crippen molar-refractivity contribution < 1.29 is 26.7 Å². The second-order valence-electron chi connectivity index (χ2n) is 3.24. The molecule has 0 aromatic heterocycles. The Bertz CT molecular complexity index is 366. The fraction of sp³-hybridized carbons (Fsp3) is 0.300. The van der Waals surface area contributed by atoms with E-state index in [4.69, 9.17) is 0 Å². The number of rotatable bonds is 3. The molecule has 0 spiro atoms. The van der Waals surface area contributed by atoms with E-state index in [2.05, 4.69) is 0 Å². The van der Waals surface area contributed by atoms with Crippen molar-refractivity contribution in [2.75, 3.05) is 0 Å². The third-order valence-corrected chi connectivity index (χ3v) is 1.96. The normalized spacial score (nSPS) is 12.6. The van der Waals surface area contributed by atoms with Crippen LogP contribution in [0.5, 0.6) is 0 Å². The molecule has 1 aromatic rings. The first kappa shape index (κ1) is 12.6.